The Bertz CT molecular complexity index is 1120. The largest absolute Gasteiger partial charge is 0.497 e. The molecule has 0 aliphatic carbocycles. The summed E-state index contributed by atoms with van der Waals surface area (Å²) in [7, 11) is 1.56. The van der Waals surface area contributed by atoms with Crippen molar-refractivity contribution in [2.45, 2.75) is 12.1 Å². The highest BCUT2D eigenvalue weighted by atomic mass is 35.5. The number of fused-ring (bicyclic) bond motifs is 1. The van der Waals surface area contributed by atoms with Crippen molar-refractivity contribution in [3.63, 3.8) is 0 Å². The summed E-state index contributed by atoms with van der Waals surface area (Å²) in [6.45, 7) is 0. The van der Waals surface area contributed by atoms with Gasteiger partial charge in [-0.3, -0.25) is 14.4 Å². The Morgan fingerprint density at radius 3 is 2.16 bits per heavy atom. The van der Waals surface area contributed by atoms with Crippen LogP contribution >= 0.6 is 11.6 Å². The molecular weight excluding hydrogens is 416 g/mol. The van der Waals surface area contributed by atoms with E-state index in [2.05, 4.69) is 0 Å². The molecule has 156 valence electrons. The zero-order valence-corrected chi connectivity index (χ0v) is 17.4. The van der Waals surface area contributed by atoms with Crippen LogP contribution in [-0.2, 0) is 14.4 Å². The number of para-hydroxylation sites is 1. The van der Waals surface area contributed by atoms with Crippen molar-refractivity contribution in [1.29, 1.82) is 0 Å². The van der Waals surface area contributed by atoms with Crippen molar-refractivity contribution < 1.29 is 19.2 Å². The number of carbonyl (C=O) groups excluding carboxylic acids is 2. The Morgan fingerprint density at radius 1 is 0.839 bits per heavy atom. The van der Waals surface area contributed by atoms with Gasteiger partial charge in [0, 0.05) is 5.02 Å². The van der Waals surface area contributed by atoms with Crippen molar-refractivity contribution >= 4 is 34.8 Å². The van der Waals surface area contributed by atoms with Crippen LogP contribution in [0.4, 0.5) is 11.4 Å². The maximum atomic E-state index is 13.5. The number of carbonyl (C=O) groups is 2. The minimum atomic E-state index is -0.907. The Labute approximate surface area is 184 Å². The molecule has 2 saturated heterocycles. The molecule has 3 atom stereocenters. The molecule has 7 heteroatoms. The molecule has 3 aromatic rings. The summed E-state index contributed by atoms with van der Waals surface area (Å²) in [6.07, 6.45) is -0.907. The summed E-state index contributed by atoms with van der Waals surface area (Å²) >= 11 is 6.08. The number of amides is 2. The fraction of sp³-hybridized carbons (Fsp3) is 0.167. The second-order valence-corrected chi connectivity index (χ2v) is 7.86. The quantitative estimate of drug-likeness (QED) is 0.570. The molecule has 0 radical (unpaired) electrons. The number of rotatable bonds is 4. The molecule has 5 rings (SSSR count). The summed E-state index contributed by atoms with van der Waals surface area (Å²) in [4.78, 5) is 34.1. The predicted octanol–water partition coefficient (Wildman–Crippen LogP) is 4.40. The molecule has 2 aliphatic heterocycles. The first-order chi connectivity index (χ1) is 15.1. The third-order valence-corrected chi connectivity index (χ3v) is 5.92. The van der Waals surface area contributed by atoms with E-state index in [1.165, 1.54) is 4.90 Å². The van der Waals surface area contributed by atoms with E-state index in [-0.39, 0.29) is 11.8 Å². The molecule has 2 amide bonds. The minimum absolute atomic E-state index is 0.293. The van der Waals surface area contributed by atoms with Gasteiger partial charge in [0.05, 0.1) is 24.5 Å². The minimum Gasteiger partial charge on any atom is -0.497 e. The second-order valence-electron chi connectivity index (χ2n) is 7.42. The topological polar surface area (TPSA) is 59.1 Å². The van der Waals surface area contributed by atoms with Crippen LogP contribution in [0, 0.1) is 5.92 Å². The van der Waals surface area contributed by atoms with Gasteiger partial charge in [-0.15, -0.1) is 0 Å². The Kier molecular flexibility index (Phi) is 4.88. The molecule has 31 heavy (non-hydrogen) atoms. The van der Waals surface area contributed by atoms with Crippen LogP contribution in [0.15, 0.2) is 78.9 Å². The summed E-state index contributed by atoms with van der Waals surface area (Å²) in [5.41, 5.74) is 2.11. The number of halogens is 1. The summed E-state index contributed by atoms with van der Waals surface area (Å²) in [5, 5.41) is 2.26. The number of nitrogens with zero attached hydrogens (tertiary/aromatic N) is 2. The maximum absolute atomic E-state index is 13.5. The summed E-state index contributed by atoms with van der Waals surface area (Å²) in [5.74, 6) is -0.708. The van der Waals surface area contributed by atoms with E-state index in [1.807, 2.05) is 42.5 Å². The molecule has 2 aliphatic rings. The van der Waals surface area contributed by atoms with Crippen LogP contribution in [0.5, 0.6) is 5.75 Å². The molecule has 0 spiro atoms. The normalized spacial score (nSPS) is 22.7. The van der Waals surface area contributed by atoms with Crippen LogP contribution in [-0.4, -0.2) is 25.0 Å². The fourth-order valence-corrected chi connectivity index (χ4v) is 4.32. The van der Waals surface area contributed by atoms with Gasteiger partial charge in [0.1, 0.15) is 11.7 Å². The molecule has 3 aromatic carbocycles. The van der Waals surface area contributed by atoms with Gasteiger partial charge in [-0.05, 0) is 54.1 Å². The molecule has 6 nitrogen and oxygen atoms in total. The smallest absolute Gasteiger partial charge is 0.266 e. The van der Waals surface area contributed by atoms with Crippen LogP contribution in [0.2, 0.25) is 5.02 Å². The van der Waals surface area contributed by atoms with Gasteiger partial charge in [-0.1, -0.05) is 41.9 Å². The van der Waals surface area contributed by atoms with E-state index < -0.39 is 18.1 Å². The Hall–Kier alpha value is -3.35. The van der Waals surface area contributed by atoms with Crippen molar-refractivity contribution in [2.75, 3.05) is 17.1 Å². The monoisotopic (exact) mass is 434 g/mol. The zero-order valence-electron chi connectivity index (χ0n) is 16.6. The van der Waals surface area contributed by atoms with Crippen LogP contribution < -0.4 is 14.7 Å². The number of imide groups is 1. The number of hydrogen-bond donors (Lipinski definition) is 0. The van der Waals surface area contributed by atoms with Crippen molar-refractivity contribution in [3.05, 3.63) is 89.4 Å². The lowest BCUT2D eigenvalue weighted by atomic mass is 9.90. The van der Waals surface area contributed by atoms with Crippen LogP contribution in [0.1, 0.15) is 11.6 Å². The first-order valence-corrected chi connectivity index (χ1v) is 10.2. The highest BCUT2D eigenvalue weighted by Crippen LogP contribution is 2.47. The zero-order chi connectivity index (χ0) is 21.5. The van der Waals surface area contributed by atoms with Crippen molar-refractivity contribution in [2.24, 2.45) is 5.92 Å². The average molecular weight is 435 g/mol. The number of anilines is 2. The molecule has 0 aromatic heterocycles. The van der Waals surface area contributed by atoms with Crippen molar-refractivity contribution in [1.82, 2.24) is 0 Å². The second kappa shape index (κ2) is 7.72. The lowest BCUT2D eigenvalue weighted by molar-refractivity contribution is -0.126. The molecule has 0 unspecified atom stereocenters. The molecular formula is C24H19ClN2O4. The van der Waals surface area contributed by atoms with E-state index >= 15 is 0 Å². The summed E-state index contributed by atoms with van der Waals surface area (Å²) < 4.78 is 5.18. The van der Waals surface area contributed by atoms with E-state index in [4.69, 9.17) is 21.2 Å². The molecule has 0 bridgehead atoms. The highest BCUT2D eigenvalue weighted by molar-refractivity contribution is 6.30. The van der Waals surface area contributed by atoms with Crippen LogP contribution in [0.25, 0.3) is 0 Å². The number of hydroxylamine groups is 1. The lowest BCUT2D eigenvalue weighted by Gasteiger charge is -2.28. The van der Waals surface area contributed by atoms with Gasteiger partial charge in [0.25, 0.3) is 5.91 Å². The molecule has 2 fully saturated rings. The number of hydrogen-bond acceptors (Lipinski definition) is 5. The van der Waals surface area contributed by atoms with E-state index in [0.717, 1.165) is 11.3 Å². The van der Waals surface area contributed by atoms with E-state index in [9.17, 15) is 9.59 Å². The van der Waals surface area contributed by atoms with Gasteiger partial charge < -0.3 is 4.74 Å². The third kappa shape index (κ3) is 3.24. The van der Waals surface area contributed by atoms with Gasteiger partial charge in [-0.2, -0.15) is 0 Å². The highest BCUT2D eigenvalue weighted by Gasteiger charge is 2.60. The average Bonchev–Trinajstić information content (AvgIpc) is 3.31. The number of methoxy groups -OCH3 is 1. The molecule has 0 saturated carbocycles. The van der Waals surface area contributed by atoms with Crippen molar-refractivity contribution in [3.8, 4) is 5.75 Å². The maximum Gasteiger partial charge on any atom is 0.266 e. The standard InChI is InChI=1S/C24H19ClN2O4/c1-30-19-13-11-17(12-14-19)26-23(28)20-21(15-7-9-16(25)10-8-15)27(31-22(20)24(26)29)18-5-3-2-4-6-18/h2-14,20-22H,1H3/t20-,21-,22-/m0/s1. The number of ether oxygens (including phenoxy) is 1. The third-order valence-electron chi connectivity index (χ3n) is 5.67. The Balaban J connectivity index is 1.56. The van der Waals surface area contributed by atoms with Gasteiger partial charge in [0.2, 0.25) is 5.91 Å². The van der Waals surface area contributed by atoms with Gasteiger partial charge in [0.15, 0.2) is 6.10 Å². The molecule has 0 N–H and O–H groups in total. The predicted molar refractivity (Wildman–Crippen MR) is 117 cm³/mol. The van der Waals surface area contributed by atoms with Gasteiger partial charge >= 0.3 is 0 Å². The van der Waals surface area contributed by atoms with Crippen LogP contribution in [0.3, 0.4) is 0 Å². The molecule has 2 heterocycles. The SMILES string of the molecule is COc1ccc(N2C(=O)[C@@H]3[C@H](ON(c4ccccc4)[C@H]3c3ccc(Cl)cc3)C2=O)cc1. The first-order valence-electron chi connectivity index (χ1n) is 9.87. The number of benzene rings is 3. The Morgan fingerprint density at radius 2 is 1.52 bits per heavy atom. The first kappa shape index (κ1) is 19.6. The van der Waals surface area contributed by atoms with E-state index in [0.29, 0.717) is 16.5 Å². The lowest BCUT2D eigenvalue weighted by Crippen LogP contribution is -2.37. The van der Waals surface area contributed by atoms with E-state index in [1.54, 1.807) is 48.6 Å². The summed E-state index contributed by atoms with van der Waals surface area (Å²) in [6, 6.07) is 23.1. The van der Waals surface area contributed by atoms with Gasteiger partial charge in [-0.25, -0.2) is 9.96 Å². The fourth-order valence-electron chi connectivity index (χ4n) is 4.20.